The lowest BCUT2D eigenvalue weighted by molar-refractivity contribution is 0.102. The summed E-state index contributed by atoms with van der Waals surface area (Å²) in [5.74, 6) is 1.11. The molecular weight excluding hydrogens is 454 g/mol. The van der Waals surface area contributed by atoms with Crippen LogP contribution in [0.3, 0.4) is 0 Å². The summed E-state index contributed by atoms with van der Waals surface area (Å²) in [6.07, 6.45) is 5.93. The predicted octanol–water partition coefficient (Wildman–Crippen LogP) is 5.24. The Hall–Kier alpha value is -3.78. The van der Waals surface area contributed by atoms with Gasteiger partial charge in [0.1, 0.15) is 11.5 Å². The second kappa shape index (κ2) is 10.4. The Morgan fingerprint density at radius 1 is 1.00 bits per heavy atom. The van der Waals surface area contributed by atoms with Gasteiger partial charge in [-0.1, -0.05) is 30.7 Å². The Balaban J connectivity index is 1.29. The van der Waals surface area contributed by atoms with E-state index in [1.807, 2.05) is 50.2 Å². The van der Waals surface area contributed by atoms with Crippen LogP contribution in [0, 0.1) is 13.8 Å². The Bertz CT molecular complexity index is 1260. The zero-order valence-corrected chi connectivity index (χ0v) is 20.0. The summed E-state index contributed by atoms with van der Waals surface area (Å²) >= 11 is 6.20. The predicted molar refractivity (Wildman–Crippen MR) is 130 cm³/mol. The maximum Gasteiger partial charge on any atom is 0.276 e. The third-order valence-electron chi connectivity index (χ3n) is 5.23. The molecule has 2 heterocycles. The fourth-order valence-corrected chi connectivity index (χ4v) is 3.45. The number of ether oxygens (including phenoxy) is 2. The van der Waals surface area contributed by atoms with E-state index in [0.29, 0.717) is 11.4 Å². The van der Waals surface area contributed by atoms with Crippen molar-refractivity contribution in [1.82, 2.24) is 19.6 Å². The van der Waals surface area contributed by atoms with Crippen molar-refractivity contribution in [3.05, 3.63) is 88.5 Å². The Morgan fingerprint density at radius 2 is 1.68 bits per heavy atom. The standard InChI is InChI=1S/C25H26ClN5O3/c1-4-19-5-7-21(8-6-19)33-16-31-14-20(13-27-31)28-25(32)23-9-10-30(29-23)15-34-22-11-17(2)24(26)18(3)12-22/h5-14H,4,15-16H2,1-3H3,(H,28,32). The van der Waals surface area contributed by atoms with Crippen molar-refractivity contribution in [2.75, 3.05) is 5.32 Å². The van der Waals surface area contributed by atoms with Crippen molar-refractivity contribution in [3.63, 3.8) is 0 Å². The Kier molecular flexibility index (Phi) is 7.18. The van der Waals surface area contributed by atoms with E-state index < -0.39 is 0 Å². The van der Waals surface area contributed by atoms with Gasteiger partial charge in [-0.05, 0) is 67.3 Å². The first-order chi connectivity index (χ1) is 16.4. The maximum atomic E-state index is 12.6. The molecule has 176 valence electrons. The van der Waals surface area contributed by atoms with Crippen molar-refractivity contribution in [3.8, 4) is 11.5 Å². The fraction of sp³-hybridized carbons (Fsp3) is 0.240. The lowest BCUT2D eigenvalue weighted by atomic mass is 10.1. The lowest BCUT2D eigenvalue weighted by Gasteiger charge is -2.10. The van der Waals surface area contributed by atoms with Crippen molar-refractivity contribution in [1.29, 1.82) is 0 Å². The molecule has 0 atom stereocenters. The van der Waals surface area contributed by atoms with Crippen LogP contribution in [0.5, 0.6) is 11.5 Å². The molecule has 9 heteroatoms. The molecular formula is C25H26ClN5O3. The summed E-state index contributed by atoms with van der Waals surface area (Å²) in [6.45, 7) is 6.36. The number of amides is 1. The average Bonchev–Trinajstić information content (AvgIpc) is 3.50. The van der Waals surface area contributed by atoms with E-state index >= 15 is 0 Å². The molecule has 2 aromatic heterocycles. The van der Waals surface area contributed by atoms with Crippen molar-refractivity contribution in [2.24, 2.45) is 0 Å². The number of aryl methyl sites for hydroxylation is 3. The second-order valence-corrected chi connectivity index (χ2v) is 8.26. The molecule has 8 nitrogen and oxygen atoms in total. The molecule has 0 spiro atoms. The van der Waals surface area contributed by atoms with Crippen LogP contribution in [0.15, 0.2) is 61.1 Å². The van der Waals surface area contributed by atoms with E-state index in [1.165, 1.54) is 5.56 Å². The summed E-state index contributed by atoms with van der Waals surface area (Å²) in [5.41, 5.74) is 3.95. The molecule has 1 N–H and O–H groups in total. The van der Waals surface area contributed by atoms with E-state index in [9.17, 15) is 4.79 Å². The topological polar surface area (TPSA) is 83.2 Å². The molecule has 0 aliphatic carbocycles. The van der Waals surface area contributed by atoms with Crippen LogP contribution >= 0.6 is 11.6 Å². The highest BCUT2D eigenvalue weighted by molar-refractivity contribution is 6.32. The monoisotopic (exact) mass is 479 g/mol. The van der Waals surface area contributed by atoms with Gasteiger partial charge in [0, 0.05) is 11.2 Å². The van der Waals surface area contributed by atoms with Crippen LogP contribution in [0.25, 0.3) is 0 Å². The van der Waals surface area contributed by atoms with Gasteiger partial charge >= 0.3 is 0 Å². The zero-order valence-electron chi connectivity index (χ0n) is 19.3. The molecule has 1 amide bonds. The van der Waals surface area contributed by atoms with Gasteiger partial charge in [0.15, 0.2) is 19.2 Å². The van der Waals surface area contributed by atoms with Crippen LogP contribution in [-0.2, 0) is 19.9 Å². The quantitative estimate of drug-likeness (QED) is 0.355. The largest absolute Gasteiger partial charge is 0.471 e. The molecule has 0 fully saturated rings. The van der Waals surface area contributed by atoms with E-state index in [1.54, 1.807) is 34.0 Å². The first kappa shape index (κ1) is 23.4. The molecule has 0 unspecified atom stereocenters. The van der Waals surface area contributed by atoms with Crippen LogP contribution in [0.2, 0.25) is 5.02 Å². The van der Waals surface area contributed by atoms with Crippen LogP contribution < -0.4 is 14.8 Å². The molecule has 0 saturated heterocycles. The number of carbonyl (C=O) groups excluding carboxylic acids is 1. The van der Waals surface area contributed by atoms with Crippen LogP contribution in [-0.4, -0.2) is 25.5 Å². The van der Waals surface area contributed by atoms with Gasteiger partial charge in [-0.25, -0.2) is 9.36 Å². The molecule has 0 radical (unpaired) electrons. The number of anilines is 1. The van der Waals surface area contributed by atoms with Crippen molar-refractivity contribution >= 4 is 23.2 Å². The van der Waals surface area contributed by atoms with Crippen molar-refractivity contribution in [2.45, 2.75) is 40.7 Å². The van der Waals surface area contributed by atoms with Gasteiger partial charge in [0.25, 0.3) is 5.91 Å². The number of aromatic nitrogens is 4. The highest BCUT2D eigenvalue weighted by Crippen LogP contribution is 2.26. The number of nitrogens with one attached hydrogen (secondary N) is 1. The normalized spacial score (nSPS) is 10.8. The van der Waals surface area contributed by atoms with E-state index in [0.717, 1.165) is 28.3 Å². The second-order valence-electron chi connectivity index (χ2n) is 7.88. The summed E-state index contributed by atoms with van der Waals surface area (Å²) in [5, 5.41) is 12.0. The molecule has 4 rings (SSSR count). The molecule has 4 aromatic rings. The van der Waals surface area contributed by atoms with Gasteiger partial charge in [-0.3, -0.25) is 4.79 Å². The van der Waals surface area contributed by atoms with Crippen molar-refractivity contribution < 1.29 is 14.3 Å². The zero-order chi connectivity index (χ0) is 24.1. The maximum absolute atomic E-state index is 12.6. The molecule has 0 aliphatic rings. The first-order valence-corrected chi connectivity index (χ1v) is 11.3. The summed E-state index contributed by atoms with van der Waals surface area (Å²) in [6, 6.07) is 13.3. The summed E-state index contributed by atoms with van der Waals surface area (Å²) < 4.78 is 14.7. The van der Waals surface area contributed by atoms with E-state index in [-0.39, 0.29) is 25.1 Å². The third kappa shape index (κ3) is 5.77. The minimum Gasteiger partial charge on any atom is -0.471 e. The van der Waals surface area contributed by atoms with Gasteiger partial charge in [-0.2, -0.15) is 10.2 Å². The van der Waals surface area contributed by atoms with E-state index in [4.69, 9.17) is 21.1 Å². The first-order valence-electron chi connectivity index (χ1n) is 10.9. The minimum atomic E-state index is -0.340. The minimum absolute atomic E-state index is 0.169. The smallest absolute Gasteiger partial charge is 0.276 e. The molecule has 0 aliphatic heterocycles. The molecule has 0 saturated carbocycles. The van der Waals surface area contributed by atoms with Crippen LogP contribution in [0.1, 0.15) is 34.1 Å². The lowest BCUT2D eigenvalue weighted by Crippen LogP contribution is -2.14. The van der Waals surface area contributed by atoms with Gasteiger partial charge in [-0.15, -0.1) is 0 Å². The van der Waals surface area contributed by atoms with Gasteiger partial charge in [0.2, 0.25) is 0 Å². The third-order valence-corrected chi connectivity index (χ3v) is 5.83. The number of hydrogen-bond donors (Lipinski definition) is 1. The Labute approximate surface area is 203 Å². The Morgan fingerprint density at radius 3 is 2.38 bits per heavy atom. The SMILES string of the molecule is CCc1ccc(OCn2cc(NC(=O)c3ccn(COc4cc(C)c(Cl)c(C)c4)n3)cn2)cc1. The number of nitrogens with zero attached hydrogens (tertiary/aromatic N) is 4. The molecule has 2 aromatic carbocycles. The number of halogens is 1. The molecule has 0 bridgehead atoms. The van der Waals surface area contributed by atoms with Crippen LogP contribution in [0.4, 0.5) is 5.69 Å². The highest BCUT2D eigenvalue weighted by Gasteiger charge is 2.12. The van der Waals surface area contributed by atoms with E-state index in [2.05, 4.69) is 22.4 Å². The van der Waals surface area contributed by atoms with Gasteiger partial charge in [0.05, 0.1) is 18.1 Å². The number of hydrogen-bond acceptors (Lipinski definition) is 5. The fourth-order valence-electron chi connectivity index (χ4n) is 3.34. The number of carbonyl (C=O) groups is 1. The van der Waals surface area contributed by atoms with Gasteiger partial charge < -0.3 is 14.8 Å². The summed E-state index contributed by atoms with van der Waals surface area (Å²) in [4.78, 5) is 12.6. The summed E-state index contributed by atoms with van der Waals surface area (Å²) in [7, 11) is 0. The number of rotatable bonds is 9. The molecule has 34 heavy (non-hydrogen) atoms. The number of benzene rings is 2. The highest BCUT2D eigenvalue weighted by atomic mass is 35.5. The average molecular weight is 480 g/mol.